The van der Waals surface area contributed by atoms with E-state index in [9.17, 15) is 4.79 Å². The number of hydrogen-bond acceptors (Lipinski definition) is 3. The Kier molecular flexibility index (Phi) is 6.04. The molecular formula is C23H27NO3Si. The maximum Gasteiger partial charge on any atom is 0.415 e. The number of hydrogen-bond donors (Lipinski definition) is 0. The van der Waals surface area contributed by atoms with E-state index < -0.39 is 8.32 Å². The Balaban J connectivity index is 1.90. The molecule has 0 aliphatic carbocycles. The molecule has 2 aromatic rings. The van der Waals surface area contributed by atoms with E-state index in [1.54, 1.807) is 4.90 Å². The molecule has 28 heavy (non-hydrogen) atoms. The summed E-state index contributed by atoms with van der Waals surface area (Å²) in [6.07, 6.45) is 4.09. The van der Waals surface area contributed by atoms with Crippen LogP contribution in [-0.4, -0.2) is 20.5 Å². The maximum absolute atomic E-state index is 13.0. The number of amides is 1. The van der Waals surface area contributed by atoms with E-state index in [4.69, 9.17) is 9.16 Å². The van der Waals surface area contributed by atoms with Gasteiger partial charge >= 0.3 is 6.09 Å². The molecule has 4 nitrogen and oxygen atoms in total. The number of carbonyl (C=O) groups is 1. The Morgan fingerprint density at radius 2 is 1.79 bits per heavy atom. The molecule has 2 aromatic carbocycles. The van der Waals surface area contributed by atoms with Crippen LogP contribution >= 0.6 is 0 Å². The standard InChI is InChI=1S/C23H27NO3Si/c1-5-11-19-16-22(27-28(2,3)4)20-14-9-10-15-21(20)24(19)23(25)26-17-18-12-7-6-8-13-18/h5-10,12-16,19H,1,11,17H2,2-4H3. The van der Waals surface area contributed by atoms with Crippen molar-refractivity contribution in [2.75, 3.05) is 4.90 Å². The van der Waals surface area contributed by atoms with Gasteiger partial charge in [0.2, 0.25) is 8.32 Å². The van der Waals surface area contributed by atoms with Gasteiger partial charge in [0, 0.05) is 5.56 Å². The van der Waals surface area contributed by atoms with Crippen molar-refractivity contribution in [1.29, 1.82) is 0 Å². The normalized spacial score (nSPS) is 16.0. The molecule has 0 fully saturated rings. The fourth-order valence-electron chi connectivity index (χ4n) is 3.20. The smallest absolute Gasteiger partial charge is 0.415 e. The van der Waals surface area contributed by atoms with Crippen molar-refractivity contribution >= 4 is 25.9 Å². The van der Waals surface area contributed by atoms with Crippen LogP contribution in [0.5, 0.6) is 0 Å². The molecule has 0 bridgehead atoms. The quantitative estimate of drug-likeness (QED) is 0.447. The SMILES string of the molecule is C=CCC1C=C(O[Si](C)(C)C)c2ccccc2N1C(=O)OCc1ccccc1. The average Bonchev–Trinajstić information content (AvgIpc) is 2.66. The summed E-state index contributed by atoms with van der Waals surface area (Å²) in [7, 11) is -1.80. The highest BCUT2D eigenvalue weighted by atomic mass is 28.4. The topological polar surface area (TPSA) is 38.8 Å². The maximum atomic E-state index is 13.0. The number of carbonyl (C=O) groups excluding carboxylic acids is 1. The first kappa shape index (κ1) is 20.0. The summed E-state index contributed by atoms with van der Waals surface area (Å²) in [5.74, 6) is 0.841. The van der Waals surface area contributed by atoms with Crippen molar-refractivity contribution in [3.05, 3.63) is 84.5 Å². The molecule has 1 unspecified atom stereocenters. The molecule has 146 valence electrons. The zero-order valence-corrected chi connectivity index (χ0v) is 17.7. The van der Waals surface area contributed by atoms with Gasteiger partial charge in [-0.25, -0.2) is 4.79 Å². The number of nitrogens with zero attached hydrogens (tertiary/aromatic N) is 1. The van der Waals surface area contributed by atoms with Crippen LogP contribution in [0.2, 0.25) is 19.6 Å². The van der Waals surface area contributed by atoms with E-state index >= 15 is 0 Å². The lowest BCUT2D eigenvalue weighted by Gasteiger charge is -2.36. The van der Waals surface area contributed by atoms with Gasteiger partial charge in [-0.2, -0.15) is 0 Å². The van der Waals surface area contributed by atoms with E-state index in [0.29, 0.717) is 6.42 Å². The Bertz CT molecular complexity index is 871. The molecule has 0 radical (unpaired) electrons. The van der Waals surface area contributed by atoms with Crippen LogP contribution in [0.1, 0.15) is 17.5 Å². The fraction of sp³-hybridized carbons (Fsp3) is 0.261. The highest BCUT2D eigenvalue weighted by molar-refractivity contribution is 6.70. The predicted molar refractivity (Wildman–Crippen MR) is 117 cm³/mol. The van der Waals surface area contributed by atoms with Crippen molar-refractivity contribution in [2.45, 2.75) is 38.7 Å². The molecule has 1 amide bonds. The minimum absolute atomic E-state index is 0.193. The molecule has 0 N–H and O–H groups in total. The summed E-state index contributed by atoms with van der Waals surface area (Å²) in [5, 5.41) is 0. The minimum atomic E-state index is -1.80. The van der Waals surface area contributed by atoms with Crippen molar-refractivity contribution in [3.8, 4) is 0 Å². The third-order valence-corrected chi connectivity index (χ3v) is 5.16. The lowest BCUT2D eigenvalue weighted by Crippen LogP contribution is -2.42. The van der Waals surface area contributed by atoms with Crippen LogP contribution in [0.15, 0.2) is 73.3 Å². The number of rotatable bonds is 6. The second-order valence-corrected chi connectivity index (χ2v) is 12.2. The molecule has 5 heteroatoms. The molecule has 3 rings (SSSR count). The minimum Gasteiger partial charge on any atom is -0.544 e. The van der Waals surface area contributed by atoms with Crippen LogP contribution in [0, 0.1) is 0 Å². The van der Waals surface area contributed by atoms with Gasteiger partial charge in [0.25, 0.3) is 0 Å². The average molecular weight is 394 g/mol. The largest absolute Gasteiger partial charge is 0.544 e. The Morgan fingerprint density at radius 1 is 1.11 bits per heavy atom. The first-order valence-electron chi connectivity index (χ1n) is 9.50. The Morgan fingerprint density at radius 3 is 2.46 bits per heavy atom. The van der Waals surface area contributed by atoms with E-state index in [0.717, 1.165) is 22.6 Å². The molecule has 0 saturated heterocycles. The Labute approximate surface area is 168 Å². The van der Waals surface area contributed by atoms with Gasteiger partial charge in [0.1, 0.15) is 12.4 Å². The second-order valence-electron chi connectivity index (χ2n) is 7.76. The summed E-state index contributed by atoms with van der Waals surface area (Å²) in [6, 6.07) is 17.3. The van der Waals surface area contributed by atoms with Gasteiger partial charge in [-0.3, -0.25) is 4.90 Å². The molecular weight excluding hydrogens is 366 g/mol. The molecule has 1 aliphatic rings. The number of ether oxygens (including phenoxy) is 1. The first-order chi connectivity index (χ1) is 13.4. The van der Waals surface area contributed by atoms with E-state index in [-0.39, 0.29) is 18.7 Å². The van der Waals surface area contributed by atoms with Gasteiger partial charge in [-0.15, -0.1) is 6.58 Å². The highest BCUT2D eigenvalue weighted by Crippen LogP contribution is 2.37. The van der Waals surface area contributed by atoms with Gasteiger partial charge in [-0.05, 0) is 49.8 Å². The van der Waals surface area contributed by atoms with Crippen LogP contribution in [0.3, 0.4) is 0 Å². The molecule has 1 atom stereocenters. The summed E-state index contributed by atoms with van der Waals surface area (Å²) in [5.41, 5.74) is 2.68. The van der Waals surface area contributed by atoms with Crippen LogP contribution in [-0.2, 0) is 15.8 Å². The van der Waals surface area contributed by atoms with Crippen molar-refractivity contribution in [2.24, 2.45) is 0 Å². The third kappa shape index (κ3) is 4.73. The van der Waals surface area contributed by atoms with Crippen LogP contribution in [0.4, 0.5) is 10.5 Å². The zero-order chi connectivity index (χ0) is 20.1. The lowest BCUT2D eigenvalue weighted by atomic mass is 10.00. The van der Waals surface area contributed by atoms with Crippen LogP contribution < -0.4 is 4.90 Å². The molecule has 1 aliphatic heterocycles. The molecule has 1 heterocycles. The number of anilines is 1. The van der Waals surface area contributed by atoms with E-state index in [1.165, 1.54) is 0 Å². The van der Waals surface area contributed by atoms with Gasteiger partial charge in [0.05, 0.1) is 11.7 Å². The number of benzene rings is 2. The van der Waals surface area contributed by atoms with Crippen molar-refractivity contribution < 1.29 is 14.0 Å². The number of para-hydroxylation sites is 1. The molecule has 0 spiro atoms. The highest BCUT2D eigenvalue weighted by Gasteiger charge is 2.33. The Hall–Kier alpha value is -2.79. The summed E-state index contributed by atoms with van der Waals surface area (Å²) < 4.78 is 12.0. The second kappa shape index (κ2) is 8.48. The van der Waals surface area contributed by atoms with Gasteiger partial charge in [0.15, 0.2) is 0 Å². The summed E-state index contributed by atoms with van der Waals surface area (Å²) in [6.45, 7) is 10.6. The third-order valence-electron chi connectivity index (χ3n) is 4.33. The van der Waals surface area contributed by atoms with E-state index in [2.05, 4.69) is 26.2 Å². The molecule has 0 aromatic heterocycles. The van der Waals surface area contributed by atoms with Gasteiger partial charge < -0.3 is 9.16 Å². The lowest BCUT2D eigenvalue weighted by molar-refractivity contribution is 0.145. The first-order valence-corrected chi connectivity index (χ1v) is 12.9. The summed E-state index contributed by atoms with van der Waals surface area (Å²) >= 11 is 0. The zero-order valence-electron chi connectivity index (χ0n) is 16.7. The van der Waals surface area contributed by atoms with Gasteiger partial charge in [-0.1, -0.05) is 48.5 Å². The molecule has 0 saturated carbocycles. The number of fused-ring (bicyclic) bond motifs is 1. The predicted octanol–water partition coefficient (Wildman–Crippen LogP) is 5.98. The van der Waals surface area contributed by atoms with Crippen LogP contribution in [0.25, 0.3) is 5.76 Å². The fourth-order valence-corrected chi connectivity index (χ4v) is 4.03. The van der Waals surface area contributed by atoms with E-state index in [1.807, 2.05) is 66.7 Å². The van der Waals surface area contributed by atoms with Crippen molar-refractivity contribution in [3.63, 3.8) is 0 Å². The summed E-state index contributed by atoms with van der Waals surface area (Å²) in [4.78, 5) is 14.7. The van der Waals surface area contributed by atoms with Crippen molar-refractivity contribution in [1.82, 2.24) is 0 Å². The monoisotopic (exact) mass is 393 g/mol.